The Labute approximate surface area is 236 Å². The van der Waals surface area contributed by atoms with Gasteiger partial charge in [0.15, 0.2) is 0 Å². The first kappa shape index (κ1) is 32.8. The van der Waals surface area contributed by atoms with Gasteiger partial charge in [-0.25, -0.2) is 0 Å². The summed E-state index contributed by atoms with van der Waals surface area (Å²) in [6, 6.07) is 8.54. The van der Waals surface area contributed by atoms with Crippen molar-refractivity contribution in [2.24, 2.45) is 0 Å². The second-order valence-corrected chi connectivity index (χ2v) is 14.4. The van der Waals surface area contributed by atoms with Gasteiger partial charge >= 0.3 is 0 Å². The molecule has 0 radical (unpaired) electrons. The predicted molar refractivity (Wildman–Crippen MR) is 150 cm³/mol. The minimum Gasteiger partial charge on any atom is -0.781 e. The van der Waals surface area contributed by atoms with Gasteiger partial charge in [0.05, 0.1) is 0 Å². The molecule has 2 aromatic rings. The van der Waals surface area contributed by atoms with Crippen LogP contribution < -0.4 is 0 Å². The third-order valence-corrected chi connectivity index (χ3v) is 7.24. The van der Waals surface area contributed by atoms with Crippen LogP contribution in [0.4, 0.5) is 0 Å². The van der Waals surface area contributed by atoms with Gasteiger partial charge in [0.25, 0.3) is 0 Å². The Balaban J connectivity index is 0.000000602. The first-order valence-electron chi connectivity index (χ1n) is 11.1. The molecule has 0 saturated carbocycles. The predicted octanol–water partition coefficient (Wildman–Crippen LogP) is 8.18. The monoisotopic (exact) mass is 562 g/mol. The summed E-state index contributed by atoms with van der Waals surface area (Å²) in [4.78, 5) is 3.31. The van der Waals surface area contributed by atoms with E-state index in [1.54, 1.807) is 0 Å². The van der Waals surface area contributed by atoms with E-state index in [0.717, 1.165) is 19.6 Å². The molecular formula is C28H40NiS4-4. The molecule has 0 atom stereocenters. The molecule has 0 aliphatic rings. The quantitative estimate of drug-likeness (QED) is 0.234. The van der Waals surface area contributed by atoms with Gasteiger partial charge in [-0.05, 0) is 32.8 Å². The van der Waals surface area contributed by atoms with Crippen molar-refractivity contribution in [1.29, 1.82) is 0 Å². The molecule has 0 fully saturated rings. The third kappa shape index (κ3) is 9.08. The van der Waals surface area contributed by atoms with Crippen LogP contribution in [0.25, 0.3) is 0 Å². The van der Waals surface area contributed by atoms with E-state index >= 15 is 0 Å². The SMILES string of the molecule is CC(C)(C)c1cc([S-])c([S-])c(C(C)(C)C)c1.CC(C)(C)c1cc([S-])c([S-])c(C(C)(C)C)c1.[Ni]. The Morgan fingerprint density at radius 1 is 0.424 bits per heavy atom. The molecule has 0 heterocycles. The molecular weight excluding hydrogens is 523 g/mol. The second-order valence-electron chi connectivity index (χ2n) is 12.7. The summed E-state index contributed by atoms with van der Waals surface area (Å²) in [5, 5.41) is 0. The Morgan fingerprint density at radius 3 is 0.848 bits per heavy atom. The fourth-order valence-corrected chi connectivity index (χ4v) is 4.51. The third-order valence-electron chi connectivity index (χ3n) is 5.46. The first-order valence-corrected chi connectivity index (χ1v) is 12.8. The van der Waals surface area contributed by atoms with Crippen LogP contribution in [0.3, 0.4) is 0 Å². The number of benzene rings is 2. The second kappa shape index (κ2) is 11.3. The minimum atomic E-state index is 0. The molecule has 33 heavy (non-hydrogen) atoms. The van der Waals surface area contributed by atoms with Crippen molar-refractivity contribution in [3.05, 3.63) is 46.5 Å². The van der Waals surface area contributed by atoms with Crippen LogP contribution in [-0.2, 0) is 88.7 Å². The first-order chi connectivity index (χ1) is 14.1. The summed E-state index contributed by atoms with van der Waals surface area (Å²) in [7, 11) is 0. The summed E-state index contributed by atoms with van der Waals surface area (Å²) in [5.74, 6) is 0. The molecule has 0 nitrogen and oxygen atoms in total. The minimum absolute atomic E-state index is 0. The van der Waals surface area contributed by atoms with Crippen molar-refractivity contribution in [2.75, 3.05) is 0 Å². The largest absolute Gasteiger partial charge is 0.781 e. The average Bonchev–Trinajstić information content (AvgIpc) is 2.56. The average molecular weight is 564 g/mol. The van der Waals surface area contributed by atoms with Gasteiger partial charge in [0.2, 0.25) is 0 Å². The fraction of sp³-hybridized carbons (Fsp3) is 0.571. The molecule has 0 unspecified atom stereocenters. The maximum atomic E-state index is 5.42. The molecule has 0 aliphatic heterocycles. The smallest absolute Gasteiger partial charge is 0 e. The van der Waals surface area contributed by atoms with Gasteiger partial charge in [-0.2, -0.15) is 19.6 Å². The summed E-state index contributed by atoms with van der Waals surface area (Å²) in [6.45, 7) is 26.3. The van der Waals surface area contributed by atoms with Crippen LogP contribution in [0, 0.1) is 0 Å². The number of rotatable bonds is 0. The fourth-order valence-electron chi connectivity index (χ4n) is 3.18. The van der Waals surface area contributed by atoms with Crippen LogP contribution in [0.1, 0.15) is 105 Å². The van der Waals surface area contributed by atoms with Crippen molar-refractivity contribution in [2.45, 2.75) is 124 Å². The van der Waals surface area contributed by atoms with Crippen molar-refractivity contribution < 1.29 is 16.5 Å². The summed E-state index contributed by atoms with van der Waals surface area (Å²) >= 11 is 21.6. The van der Waals surface area contributed by atoms with Gasteiger partial charge in [-0.3, -0.25) is 0 Å². The van der Waals surface area contributed by atoms with Crippen molar-refractivity contribution >= 4 is 50.5 Å². The van der Waals surface area contributed by atoms with E-state index in [9.17, 15) is 0 Å². The van der Waals surface area contributed by atoms with Crippen LogP contribution in [-0.4, -0.2) is 0 Å². The molecule has 0 N–H and O–H groups in total. The van der Waals surface area contributed by atoms with Crippen LogP contribution >= 0.6 is 0 Å². The topological polar surface area (TPSA) is 0 Å². The number of hydrogen-bond acceptors (Lipinski definition) is 4. The Morgan fingerprint density at radius 2 is 0.667 bits per heavy atom. The van der Waals surface area contributed by atoms with Gasteiger partial charge < -0.3 is 50.5 Å². The van der Waals surface area contributed by atoms with E-state index in [1.807, 2.05) is 12.1 Å². The zero-order valence-electron chi connectivity index (χ0n) is 22.3. The van der Waals surface area contributed by atoms with E-state index in [4.69, 9.17) is 50.5 Å². The van der Waals surface area contributed by atoms with Crippen molar-refractivity contribution in [1.82, 2.24) is 0 Å². The Kier molecular flexibility index (Phi) is 11.2. The van der Waals surface area contributed by atoms with Crippen molar-refractivity contribution in [3.63, 3.8) is 0 Å². The van der Waals surface area contributed by atoms with E-state index in [2.05, 4.69) is 95.2 Å². The summed E-state index contributed by atoms with van der Waals surface area (Å²) in [6.07, 6.45) is 0. The molecule has 0 bridgehead atoms. The Hall–Kier alpha value is -0.186. The normalized spacial score (nSPS) is 12.5. The molecule has 0 aliphatic carbocycles. The zero-order valence-corrected chi connectivity index (χ0v) is 26.5. The Bertz CT molecular complexity index is 871. The number of hydrogen-bond donors (Lipinski definition) is 0. The summed E-state index contributed by atoms with van der Waals surface area (Å²) < 4.78 is 0. The molecule has 2 aromatic carbocycles. The molecule has 0 spiro atoms. The molecule has 2 rings (SSSR count). The van der Waals surface area contributed by atoms with E-state index < -0.39 is 0 Å². The molecule has 0 amide bonds. The van der Waals surface area contributed by atoms with E-state index in [0.29, 0.717) is 0 Å². The van der Waals surface area contributed by atoms with Gasteiger partial charge in [-0.15, -0.1) is 0 Å². The summed E-state index contributed by atoms with van der Waals surface area (Å²) in [5.41, 5.74) is 5.30. The van der Waals surface area contributed by atoms with Crippen LogP contribution in [0.2, 0.25) is 0 Å². The standard InChI is InChI=1S/2C14H22S2.Ni/c2*1-13(2,3)9-7-10(14(4,5)6)12(16)11(15)8-9;/h2*7-8,15-16H,1-6H3;/p-4. The van der Waals surface area contributed by atoms with E-state index in [-0.39, 0.29) is 38.2 Å². The zero-order chi connectivity index (χ0) is 25.4. The van der Waals surface area contributed by atoms with Crippen LogP contribution in [0.15, 0.2) is 43.8 Å². The van der Waals surface area contributed by atoms with E-state index in [1.165, 1.54) is 22.3 Å². The molecule has 190 valence electrons. The molecule has 5 heteroatoms. The van der Waals surface area contributed by atoms with Crippen LogP contribution in [0.5, 0.6) is 0 Å². The maximum absolute atomic E-state index is 5.42. The molecule has 0 saturated heterocycles. The van der Waals surface area contributed by atoms with Crippen molar-refractivity contribution in [3.8, 4) is 0 Å². The van der Waals surface area contributed by atoms with Gasteiger partial charge in [0, 0.05) is 16.5 Å². The maximum Gasteiger partial charge on any atom is 0 e. The molecule has 0 aromatic heterocycles. The van der Waals surface area contributed by atoms with Gasteiger partial charge in [0.1, 0.15) is 0 Å². The van der Waals surface area contributed by atoms with Gasteiger partial charge in [-0.1, -0.05) is 118 Å².